The van der Waals surface area contributed by atoms with E-state index in [2.05, 4.69) is 61.5 Å². The summed E-state index contributed by atoms with van der Waals surface area (Å²) in [6.45, 7) is 18.1. The highest BCUT2D eigenvalue weighted by atomic mass is 16.5. The van der Waals surface area contributed by atoms with Gasteiger partial charge in [-0.05, 0) is 87.8 Å². The van der Waals surface area contributed by atoms with Gasteiger partial charge in [0.2, 0.25) is 0 Å². The van der Waals surface area contributed by atoms with Crippen LogP contribution in [0, 0.1) is 49.9 Å². The van der Waals surface area contributed by atoms with E-state index in [-0.39, 0.29) is 5.60 Å². The standard InChI is InChI=1S/C30H49NO/c1-21(2)12-9-13-22(3)14-10-15-23(4)16-11-18-30(8)19-17-27-28(20-31)25(6)24(5)26(7)29(27)32-30/h21-23H,9-19H2,1-8H3/t22-,23-,30-/m1/s1. The summed E-state index contributed by atoms with van der Waals surface area (Å²) in [4.78, 5) is 0. The van der Waals surface area contributed by atoms with Crippen molar-refractivity contribution in [2.45, 2.75) is 132 Å². The molecule has 0 saturated heterocycles. The molecule has 0 fully saturated rings. The van der Waals surface area contributed by atoms with E-state index in [9.17, 15) is 5.26 Å². The Labute approximate surface area is 199 Å². The van der Waals surface area contributed by atoms with Gasteiger partial charge in [0.1, 0.15) is 11.4 Å². The van der Waals surface area contributed by atoms with Crippen molar-refractivity contribution in [3.05, 3.63) is 27.8 Å². The zero-order valence-electron chi connectivity index (χ0n) is 22.4. The lowest BCUT2D eigenvalue weighted by Gasteiger charge is -2.38. The van der Waals surface area contributed by atoms with Gasteiger partial charge in [0.05, 0.1) is 11.6 Å². The number of benzene rings is 1. The van der Waals surface area contributed by atoms with Gasteiger partial charge < -0.3 is 4.74 Å². The Balaban J connectivity index is 1.78. The summed E-state index contributed by atoms with van der Waals surface area (Å²) >= 11 is 0. The molecule has 0 bridgehead atoms. The number of nitrogens with zero attached hydrogens (tertiary/aromatic N) is 1. The molecule has 0 N–H and O–H groups in total. The first kappa shape index (κ1) is 26.8. The SMILES string of the molecule is Cc1c(C)c(C#N)c2c(c1C)O[C@](C)(CCC[C@H](C)CCC[C@H](C)CCCC(C)C)CC2. The van der Waals surface area contributed by atoms with Gasteiger partial charge in [-0.15, -0.1) is 0 Å². The molecule has 0 radical (unpaired) electrons. The Bertz CT molecular complexity index is 787. The van der Waals surface area contributed by atoms with Crippen LogP contribution >= 0.6 is 0 Å². The molecule has 32 heavy (non-hydrogen) atoms. The van der Waals surface area contributed by atoms with E-state index in [0.717, 1.165) is 59.5 Å². The zero-order valence-corrected chi connectivity index (χ0v) is 22.4. The van der Waals surface area contributed by atoms with E-state index in [0.29, 0.717) is 0 Å². The second-order valence-corrected chi connectivity index (χ2v) is 11.6. The molecule has 1 aromatic rings. The number of rotatable bonds is 12. The first-order valence-electron chi connectivity index (χ1n) is 13.3. The fourth-order valence-corrected chi connectivity index (χ4v) is 5.40. The lowest BCUT2D eigenvalue weighted by molar-refractivity contribution is 0.0514. The summed E-state index contributed by atoms with van der Waals surface area (Å²) in [5.41, 5.74) is 5.43. The van der Waals surface area contributed by atoms with Gasteiger partial charge in [-0.25, -0.2) is 0 Å². The summed E-state index contributed by atoms with van der Waals surface area (Å²) in [7, 11) is 0. The predicted molar refractivity (Wildman–Crippen MR) is 137 cm³/mol. The van der Waals surface area contributed by atoms with E-state index in [1.807, 2.05) is 0 Å². The molecule has 1 aliphatic heterocycles. The Morgan fingerprint density at radius 2 is 1.41 bits per heavy atom. The normalized spacial score (nSPS) is 19.9. The van der Waals surface area contributed by atoms with Crippen LogP contribution in [0.4, 0.5) is 0 Å². The third-order valence-electron chi connectivity index (χ3n) is 8.06. The van der Waals surface area contributed by atoms with Crippen LogP contribution in [0.25, 0.3) is 0 Å². The van der Waals surface area contributed by atoms with E-state index in [4.69, 9.17) is 4.74 Å². The van der Waals surface area contributed by atoms with Crippen molar-refractivity contribution in [1.29, 1.82) is 5.26 Å². The maximum absolute atomic E-state index is 9.69. The van der Waals surface area contributed by atoms with Crippen LogP contribution in [0.2, 0.25) is 0 Å². The van der Waals surface area contributed by atoms with Crippen molar-refractivity contribution >= 4 is 0 Å². The second kappa shape index (κ2) is 12.1. The van der Waals surface area contributed by atoms with E-state index in [1.165, 1.54) is 62.5 Å². The number of ether oxygens (including phenoxy) is 1. The minimum Gasteiger partial charge on any atom is -0.487 e. The van der Waals surface area contributed by atoms with Gasteiger partial charge in [-0.1, -0.05) is 72.6 Å². The topological polar surface area (TPSA) is 33.0 Å². The van der Waals surface area contributed by atoms with Gasteiger partial charge >= 0.3 is 0 Å². The minimum atomic E-state index is -0.100. The zero-order chi connectivity index (χ0) is 23.9. The first-order valence-corrected chi connectivity index (χ1v) is 13.3. The quantitative estimate of drug-likeness (QED) is 0.325. The van der Waals surface area contributed by atoms with Crippen LogP contribution in [0.3, 0.4) is 0 Å². The molecule has 0 unspecified atom stereocenters. The Kier molecular flexibility index (Phi) is 10.1. The average molecular weight is 440 g/mol. The van der Waals surface area contributed by atoms with Crippen LogP contribution in [-0.2, 0) is 6.42 Å². The van der Waals surface area contributed by atoms with Crippen molar-refractivity contribution in [1.82, 2.24) is 0 Å². The Morgan fingerprint density at radius 1 is 0.844 bits per heavy atom. The Morgan fingerprint density at radius 3 is 1.97 bits per heavy atom. The summed E-state index contributed by atoms with van der Waals surface area (Å²) in [5.74, 6) is 3.52. The smallest absolute Gasteiger partial charge is 0.127 e. The van der Waals surface area contributed by atoms with Gasteiger partial charge in [-0.2, -0.15) is 5.26 Å². The van der Waals surface area contributed by atoms with Crippen LogP contribution < -0.4 is 4.74 Å². The maximum atomic E-state index is 9.69. The average Bonchev–Trinajstić information content (AvgIpc) is 2.73. The van der Waals surface area contributed by atoms with Gasteiger partial charge in [0.25, 0.3) is 0 Å². The van der Waals surface area contributed by atoms with Gasteiger partial charge in [0.15, 0.2) is 0 Å². The van der Waals surface area contributed by atoms with E-state index < -0.39 is 0 Å². The molecular formula is C30H49NO. The number of fused-ring (bicyclic) bond motifs is 1. The van der Waals surface area contributed by atoms with Crippen LogP contribution in [-0.4, -0.2) is 5.60 Å². The summed E-state index contributed by atoms with van der Waals surface area (Å²) in [6.07, 6.45) is 13.9. The van der Waals surface area contributed by atoms with Crippen LogP contribution in [0.5, 0.6) is 5.75 Å². The molecule has 0 amide bonds. The first-order chi connectivity index (χ1) is 15.1. The molecule has 2 rings (SSSR count). The summed E-state index contributed by atoms with van der Waals surface area (Å²) < 4.78 is 6.63. The number of nitriles is 1. The van der Waals surface area contributed by atoms with Crippen molar-refractivity contribution in [3.63, 3.8) is 0 Å². The molecule has 0 saturated carbocycles. The molecule has 3 atom stereocenters. The molecule has 1 heterocycles. The molecule has 1 aliphatic rings. The van der Waals surface area contributed by atoms with Crippen LogP contribution in [0.15, 0.2) is 0 Å². The van der Waals surface area contributed by atoms with E-state index >= 15 is 0 Å². The molecule has 0 aliphatic carbocycles. The number of hydrogen-bond donors (Lipinski definition) is 0. The third kappa shape index (κ3) is 7.26. The highest BCUT2D eigenvalue weighted by molar-refractivity contribution is 5.59. The molecule has 0 spiro atoms. The van der Waals surface area contributed by atoms with Gasteiger partial charge in [0, 0.05) is 5.56 Å². The van der Waals surface area contributed by atoms with Gasteiger partial charge in [-0.3, -0.25) is 0 Å². The molecule has 0 aromatic heterocycles. The third-order valence-corrected chi connectivity index (χ3v) is 8.06. The maximum Gasteiger partial charge on any atom is 0.127 e. The fourth-order valence-electron chi connectivity index (χ4n) is 5.40. The largest absolute Gasteiger partial charge is 0.487 e. The summed E-state index contributed by atoms with van der Waals surface area (Å²) in [5, 5.41) is 9.69. The number of hydrogen-bond acceptors (Lipinski definition) is 2. The highest BCUT2D eigenvalue weighted by Crippen LogP contribution is 2.42. The fraction of sp³-hybridized carbons (Fsp3) is 0.767. The van der Waals surface area contributed by atoms with Crippen molar-refractivity contribution < 1.29 is 4.74 Å². The molecular weight excluding hydrogens is 390 g/mol. The molecule has 2 heteroatoms. The van der Waals surface area contributed by atoms with Crippen molar-refractivity contribution in [2.24, 2.45) is 17.8 Å². The van der Waals surface area contributed by atoms with E-state index in [1.54, 1.807) is 0 Å². The molecule has 1 aromatic carbocycles. The highest BCUT2D eigenvalue weighted by Gasteiger charge is 2.34. The Hall–Kier alpha value is -1.49. The van der Waals surface area contributed by atoms with Crippen LogP contribution in [0.1, 0.15) is 127 Å². The molecule has 180 valence electrons. The lowest BCUT2D eigenvalue weighted by Crippen LogP contribution is -2.37. The second-order valence-electron chi connectivity index (χ2n) is 11.6. The summed E-state index contributed by atoms with van der Waals surface area (Å²) in [6, 6.07) is 2.44. The van der Waals surface area contributed by atoms with Crippen molar-refractivity contribution in [3.8, 4) is 11.8 Å². The molecule has 2 nitrogen and oxygen atoms in total. The van der Waals surface area contributed by atoms with Crippen molar-refractivity contribution in [2.75, 3.05) is 0 Å². The monoisotopic (exact) mass is 439 g/mol. The lowest BCUT2D eigenvalue weighted by atomic mass is 9.82. The predicted octanol–water partition coefficient (Wildman–Crippen LogP) is 9.01. The minimum absolute atomic E-state index is 0.100.